The van der Waals surface area contributed by atoms with Crippen molar-refractivity contribution < 1.29 is 14.3 Å². The summed E-state index contributed by atoms with van der Waals surface area (Å²) in [5.74, 6) is 0.0264. The van der Waals surface area contributed by atoms with Gasteiger partial charge < -0.3 is 19.9 Å². The van der Waals surface area contributed by atoms with Gasteiger partial charge in [0.05, 0.1) is 24.6 Å². The van der Waals surface area contributed by atoms with Gasteiger partial charge >= 0.3 is 0 Å². The summed E-state index contributed by atoms with van der Waals surface area (Å²) in [6.07, 6.45) is 1.35. The lowest BCUT2D eigenvalue weighted by Crippen LogP contribution is -2.46. The second kappa shape index (κ2) is 8.82. The first-order valence-corrected chi connectivity index (χ1v) is 8.89. The van der Waals surface area contributed by atoms with Crippen LogP contribution in [0.2, 0.25) is 0 Å². The van der Waals surface area contributed by atoms with Gasteiger partial charge in [-0.2, -0.15) is 0 Å². The molecular formula is C18H26N4O3. The second-order valence-corrected chi connectivity index (χ2v) is 6.40. The van der Waals surface area contributed by atoms with E-state index in [4.69, 9.17) is 4.74 Å². The minimum atomic E-state index is 0.0264. The fourth-order valence-corrected chi connectivity index (χ4v) is 3.22. The molecule has 1 aromatic carbocycles. The Hall–Kier alpha value is -2.12. The molecule has 2 fully saturated rings. The van der Waals surface area contributed by atoms with Gasteiger partial charge in [-0.15, -0.1) is 0 Å². The van der Waals surface area contributed by atoms with Crippen LogP contribution in [-0.2, 0) is 14.3 Å². The smallest absolute Gasteiger partial charge is 0.225 e. The molecule has 3 rings (SSSR count). The molecule has 2 aliphatic heterocycles. The molecule has 2 heterocycles. The van der Waals surface area contributed by atoms with Crippen molar-refractivity contribution in [3.8, 4) is 0 Å². The maximum Gasteiger partial charge on any atom is 0.225 e. The average Bonchev–Trinajstić information content (AvgIpc) is 2.68. The minimum absolute atomic E-state index is 0.0264. The Morgan fingerprint density at radius 2 is 1.80 bits per heavy atom. The molecule has 0 atom stereocenters. The van der Waals surface area contributed by atoms with Gasteiger partial charge in [0.1, 0.15) is 0 Å². The molecule has 136 valence electrons. The first-order valence-electron chi connectivity index (χ1n) is 8.89. The fourth-order valence-electron chi connectivity index (χ4n) is 3.22. The van der Waals surface area contributed by atoms with Gasteiger partial charge in [0, 0.05) is 52.2 Å². The largest absolute Gasteiger partial charge is 0.378 e. The number of carbonyl (C=O) groups excluding carboxylic acids is 2. The van der Waals surface area contributed by atoms with Crippen LogP contribution in [0.15, 0.2) is 24.3 Å². The van der Waals surface area contributed by atoms with Crippen LogP contribution in [0.4, 0.5) is 11.4 Å². The number of hydrogen-bond acceptors (Lipinski definition) is 5. The second-order valence-electron chi connectivity index (χ2n) is 6.40. The number of nitrogens with one attached hydrogen (secondary N) is 1. The number of carbonyl (C=O) groups is 2. The molecular weight excluding hydrogens is 320 g/mol. The van der Waals surface area contributed by atoms with Crippen LogP contribution >= 0.6 is 0 Å². The Bertz CT molecular complexity index is 581. The summed E-state index contributed by atoms with van der Waals surface area (Å²) in [7, 11) is 0. The van der Waals surface area contributed by atoms with Gasteiger partial charge in [-0.3, -0.25) is 14.5 Å². The molecule has 1 aromatic rings. The lowest BCUT2D eigenvalue weighted by Gasteiger charge is -2.32. The number of anilines is 2. The Kier molecular flexibility index (Phi) is 6.25. The van der Waals surface area contributed by atoms with Crippen molar-refractivity contribution in [2.24, 2.45) is 0 Å². The summed E-state index contributed by atoms with van der Waals surface area (Å²) in [4.78, 5) is 29.3. The first kappa shape index (κ1) is 17.7. The van der Waals surface area contributed by atoms with Crippen LogP contribution < -0.4 is 10.2 Å². The van der Waals surface area contributed by atoms with Crippen LogP contribution in [0.3, 0.4) is 0 Å². The number of amides is 2. The summed E-state index contributed by atoms with van der Waals surface area (Å²) >= 11 is 0. The van der Waals surface area contributed by atoms with E-state index in [0.717, 1.165) is 76.8 Å². The molecule has 0 radical (unpaired) electrons. The summed E-state index contributed by atoms with van der Waals surface area (Å²) < 4.78 is 5.40. The zero-order valence-corrected chi connectivity index (χ0v) is 14.5. The number of benzene rings is 1. The van der Waals surface area contributed by atoms with Crippen molar-refractivity contribution in [1.82, 2.24) is 9.80 Å². The standard InChI is InChI=1S/C18H26N4O3/c23-15-21-9-7-20(8-10-21)6-5-18(24)19-16-3-1-2-4-17(16)22-11-13-25-14-12-22/h1-4,15H,5-14H2,(H,19,24). The van der Waals surface area contributed by atoms with Crippen LogP contribution in [-0.4, -0.2) is 81.1 Å². The highest BCUT2D eigenvalue weighted by Gasteiger charge is 2.18. The molecule has 0 bridgehead atoms. The van der Waals surface area contributed by atoms with Crippen molar-refractivity contribution in [1.29, 1.82) is 0 Å². The molecule has 7 heteroatoms. The number of hydrogen-bond donors (Lipinski definition) is 1. The van der Waals surface area contributed by atoms with E-state index >= 15 is 0 Å². The predicted octanol–water partition coefficient (Wildman–Crippen LogP) is 0.626. The zero-order chi connectivity index (χ0) is 17.5. The van der Waals surface area contributed by atoms with Crippen LogP contribution in [0.25, 0.3) is 0 Å². The molecule has 2 amide bonds. The van der Waals surface area contributed by atoms with Gasteiger partial charge in [-0.1, -0.05) is 12.1 Å². The topological polar surface area (TPSA) is 65.1 Å². The number of piperazine rings is 1. The SMILES string of the molecule is O=CN1CCN(CCC(=O)Nc2ccccc2N2CCOCC2)CC1. The van der Waals surface area contributed by atoms with Crippen molar-refractivity contribution in [3.63, 3.8) is 0 Å². The van der Waals surface area contributed by atoms with Gasteiger partial charge in [0.2, 0.25) is 12.3 Å². The van der Waals surface area contributed by atoms with Gasteiger partial charge in [-0.25, -0.2) is 0 Å². The lowest BCUT2D eigenvalue weighted by molar-refractivity contribution is -0.120. The molecule has 2 aliphatic rings. The van der Waals surface area contributed by atoms with Gasteiger partial charge in [-0.05, 0) is 12.1 Å². The molecule has 25 heavy (non-hydrogen) atoms. The van der Waals surface area contributed by atoms with E-state index in [-0.39, 0.29) is 5.91 Å². The summed E-state index contributed by atoms with van der Waals surface area (Å²) in [6.45, 7) is 6.98. The maximum atomic E-state index is 12.4. The number of para-hydroxylation sites is 2. The number of rotatable bonds is 6. The number of morpholine rings is 1. The highest BCUT2D eigenvalue weighted by Crippen LogP contribution is 2.26. The van der Waals surface area contributed by atoms with Gasteiger partial charge in [0.15, 0.2) is 0 Å². The van der Waals surface area contributed by atoms with Crippen molar-refractivity contribution in [3.05, 3.63) is 24.3 Å². The average molecular weight is 346 g/mol. The van der Waals surface area contributed by atoms with E-state index in [9.17, 15) is 9.59 Å². The van der Waals surface area contributed by atoms with Crippen molar-refractivity contribution in [2.75, 3.05) is 69.2 Å². The predicted molar refractivity (Wildman–Crippen MR) is 96.8 cm³/mol. The van der Waals surface area contributed by atoms with Crippen LogP contribution in [0.5, 0.6) is 0 Å². The Labute approximate surface area is 148 Å². The Balaban J connectivity index is 1.50. The van der Waals surface area contributed by atoms with E-state index in [1.54, 1.807) is 4.90 Å². The van der Waals surface area contributed by atoms with E-state index in [2.05, 4.69) is 15.1 Å². The van der Waals surface area contributed by atoms with E-state index in [0.29, 0.717) is 6.42 Å². The van der Waals surface area contributed by atoms with E-state index < -0.39 is 0 Å². The lowest BCUT2D eigenvalue weighted by atomic mass is 10.2. The summed E-state index contributed by atoms with van der Waals surface area (Å²) in [5.41, 5.74) is 1.92. The minimum Gasteiger partial charge on any atom is -0.378 e. The first-order chi connectivity index (χ1) is 12.3. The van der Waals surface area contributed by atoms with Crippen LogP contribution in [0.1, 0.15) is 6.42 Å². The normalized spacial score (nSPS) is 18.9. The molecule has 7 nitrogen and oxygen atoms in total. The van der Waals surface area contributed by atoms with Crippen molar-refractivity contribution in [2.45, 2.75) is 6.42 Å². The summed E-state index contributed by atoms with van der Waals surface area (Å²) in [5, 5.41) is 3.05. The molecule has 0 aromatic heterocycles. The summed E-state index contributed by atoms with van der Waals surface area (Å²) in [6, 6.07) is 7.93. The molecule has 0 unspecified atom stereocenters. The third kappa shape index (κ3) is 4.93. The highest BCUT2D eigenvalue weighted by atomic mass is 16.5. The number of nitrogens with zero attached hydrogens (tertiary/aromatic N) is 3. The Morgan fingerprint density at radius 3 is 2.52 bits per heavy atom. The fraction of sp³-hybridized carbons (Fsp3) is 0.556. The Morgan fingerprint density at radius 1 is 1.08 bits per heavy atom. The van der Waals surface area contributed by atoms with Crippen LogP contribution in [0, 0.1) is 0 Å². The van der Waals surface area contributed by atoms with Crippen molar-refractivity contribution >= 4 is 23.7 Å². The third-order valence-corrected chi connectivity index (χ3v) is 4.74. The molecule has 0 spiro atoms. The zero-order valence-electron chi connectivity index (χ0n) is 14.5. The monoisotopic (exact) mass is 346 g/mol. The van der Waals surface area contributed by atoms with E-state index in [1.165, 1.54) is 0 Å². The highest BCUT2D eigenvalue weighted by molar-refractivity contribution is 5.94. The molecule has 0 aliphatic carbocycles. The molecule has 2 saturated heterocycles. The maximum absolute atomic E-state index is 12.4. The third-order valence-electron chi connectivity index (χ3n) is 4.74. The molecule has 0 saturated carbocycles. The van der Waals surface area contributed by atoms with Gasteiger partial charge in [0.25, 0.3) is 0 Å². The number of ether oxygens (including phenoxy) is 1. The molecule has 1 N–H and O–H groups in total. The van der Waals surface area contributed by atoms with E-state index in [1.807, 2.05) is 24.3 Å². The quantitative estimate of drug-likeness (QED) is 0.766.